The van der Waals surface area contributed by atoms with Gasteiger partial charge in [-0.3, -0.25) is 4.79 Å². The molecule has 0 spiro atoms. The molecule has 0 fully saturated rings. The Morgan fingerprint density at radius 3 is 2.62 bits per heavy atom. The Kier molecular flexibility index (Phi) is 5.45. The highest BCUT2D eigenvalue weighted by Crippen LogP contribution is 2.48. The lowest BCUT2D eigenvalue weighted by Gasteiger charge is -2.32. The summed E-state index contributed by atoms with van der Waals surface area (Å²) in [5.74, 6) is -1.59. The number of fused-ring (bicyclic) bond motifs is 1. The number of carboxylic acids is 1. The molecule has 1 aromatic heterocycles. The van der Waals surface area contributed by atoms with Gasteiger partial charge >= 0.3 is 5.97 Å². The van der Waals surface area contributed by atoms with Crippen LogP contribution >= 0.6 is 0 Å². The Hall–Kier alpha value is -3.55. The average Bonchev–Trinajstić information content (AvgIpc) is 2.68. The molecule has 2 heterocycles. The Bertz CT molecular complexity index is 1030. The zero-order chi connectivity index (χ0) is 21.3. The van der Waals surface area contributed by atoms with E-state index in [1.54, 1.807) is 19.2 Å². The number of aryl methyl sites for hydroxylation is 1. The fourth-order valence-electron chi connectivity index (χ4n) is 3.63. The molecule has 0 radical (unpaired) electrons. The molecule has 0 unspecified atom stereocenters. The van der Waals surface area contributed by atoms with Gasteiger partial charge in [-0.2, -0.15) is 0 Å². The number of anilines is 1. The van der Waals surface area contributed by atoms with Crippen molar-refractivity contribution in [2.24, 2.45) is 5.73 Å². The topological polar surface area (TPSA) is 124 Å². The number of methoxy groups -OCH3 is 1. The van der Waals surface area contributed by atoms with Gasteiger partial charge in [-0.05, 0) is 38.5 Å². The first-order valence-corrected chi connectivity index (χ1v) is 9.11. The van der Waals surface area contributed by atoms with Crippen LogP contribution in [0.1, 0.15) is 46.8 Å². The molecule has 152 valence electrons. The van der Waals surface area contributed by atoms with Gasteiger partial charge in [0.25, 0.3) is 0 Å². The number of amides is 1. The number of aromatic carboxylic acids is 1. The van der Waals surface area contributed by atoms with Crippen molar-refractivity contribution in [1.29, 1.82) is 0 Å². The van der Waals surface area contributed by atoms with Crippen molar-refractivity contribution in [3.05, 3.63) is 57.9 Å². The van der Waals surface area contributed by atoms with E-state index in [1.807, 2.05) is 13.8 Å². The highest BCUT2D eigenvalue weighted by atomic mass is 16.5. The third-order valence-corrected chi connectivity index (χ3v) is 4.90. The van der Waals surface area contributed by atoms with Gasteiger partial charge in [0.2, 0.25) is 11.8 Å². The molecule has 1 amide bonds. The van der Waals surface area contributed by atoms with Gasteiger partial charge < -0.3 is 25.6 Å². The maximum Gasteiger partial charge on any atom is 0.335 e. The molecule has 8 nitrogen and oxygen atoms in total. The smallest absolute Gasteiger partial charge is 0.335 e. The number of hydrogen-bond donors (Lipinski definition) is 3. The van der Waals surface area contributed by atoms with E-state index in [2.05, 4.69) is 10.3 Å². The van der Waals surface area contributed by atoms with Gasteiger partial charge in [-0.1, -0.05) is 6.07 Å². The van der Waals surface area contributed by atoms with Crippen LogP contribution in [0.3, 0.4) is 0 Å². The van der Waals surface area contributed by atoms with Crippen molar-refractivity contribution in [2.45, 2.75) is 26.7 Å². The number of carbonyl (C=O) groups is 2. The summed E-state index contributed by atoms with van der Waals surface area (Å²) >= 11 is 0. The number of primary amides is 1. The molecule has 0 bridgehead atoms. The van der Waals surface area contributed by atoms with E-state index in [0.717, 1.165) is 11.3 Å². The second-order valence-corrected chi connectivity index (χ2v) is 6.69. The zero-order valence-electron chi connectivity index (χ0n) is 16.7. The number of carboxylic acid groups (broad SMARTS) is 1. The van der Waals surface area contributed by atoms with Crippen molar-refractivity contribution in [3.8, 4) is 11.6 Å². The number of nitrogens with one attached hydrogen (secondary N) is 1. The number of carbonyl (C=O) groups excluding carboxylic acids is 1. The molecule has 8 heteroatoms. The molecule has 1 atom stereocenters. The fourth-order valence-corrected chi connectivity index (χ4v) is 3.63. The van der Waals surface area contributed by atoms with Crippen LogP contribution in [0, 0.1) is 6.92 Å². The lowest BCUT2D eigenvalue weighted by Crippen LogP contribution is -2.28. The minimum Gasteiger partial charge on any atom is -0.496 e. The number of benzene rings is 1. The predicted octanol–water partition coefficient (Wildman–Crippen LogP) is 2.81. The van der Waals surface area contributed by atoms with E-state index < -0.39 is 17.8 Å². The molecule has 2 aromatic rings. The van der Waals surface area contributed by atoms with E-state index >= 15 is 0 Å². The molecule has 1 aliphatic heterocycles. The Labute approximate surface area is 168 Å². The largest absolute Gasteiger partial charge is 0.496 e. The quantitative estimate of drug-likeness (QED) is 0.685. The predicted molar refractivity (Wildman–Crippen MR) is 107 cm³/mol. The Morgan fingerprint density at radius 1 is 1.31 bits per heavy atom. The third kappa shape index (κ3) is 3.49. The Balaban J connectivity index is 2.36. The highest BCUT2D eigenvalue weighted by molar-refractivity contribution is 5.98. The van der Waals surface area contributed by atoms with Crippen molar-refractivity contribution >= 4 is 17.6 Å². The molecule has 4 N–H and O–H groups in total. The summed E-state index contributed by atoms with van der Waals surface area (Å²) < 4.78 is 11.2. The maximum absolute atomic E-state index is 12.4. The summed E-state index contributed by atoms with van der Waals surface area (Å²) in [7, 11) is 1.45. The standard InChI is InChI=1S/C21H23N3O5/c1-5-29-20-17-16(13-7-6-12(21(26)27)8-14(13)28-4)15(19(22)25)11(3)24-18(17)10(2)9-23-20/h6-9,16,24H,5H2,1-4H3,(H2,22,25)(H,26,27)/t16-/m1/s1. The second kappa shape index (κ2) is 7.83. The number of hydrogen-bond acceptors (Lipinski definition) is 6. The number of aromatic nitrogens is 1. The monoisotopic (exact) mass is 397 g/mol. The van der Waals surface area contributed by atoms with Crippen LogP contribution in [-0.4, -0.2) is 35.7 Å². The average molecular weight is 397 g/mol. The van der Waals surface area contributed by atoms with E-state index in [4.69, 9.17) is 15.2 Å². The molecule has 0 saturated heterocycles. The molecule has 0 aliphatic carbocycles. The van der Waals surface area contributed by atoms with Crippen molar-refractivity contribution in [1.82, 2.24) is 4.98 Å². The van der Waals surface area contributed by atoms with Gasteiger partial charge in [-0.25, -0.2) is 9.78 Å². The normalized spacial score (nSPS) is 15.4. The molecule has 29 heavy (non-hydrogen) atoms. The van der Waals surface area contributed by atoms with Gasteiger partial charge in [0.05, 0.1) is 36.4 Å². The minimum atomic E-state index is -1.07. The van der Waals surface area contributed by atoms with Crippen molar-refractivity contribution in [2.75, 3.05) is 19.0 Å². The van der Waals surface area contributed by atoms with Gasteiger partial charge in [0, 0.05) is 23.0 Å². The number of rotatable bonds is 6. The van der Waals surface area contributed by atoms with Crippen molar-refractivity contribution < 1.29 is 24.2 Å². The summed E-state index contributed by atoms with van der Waals surface area (Å²) in [4.78, 5) is 28.2. The van der Waals surface area contributed by atoms with E-state index in [-0.39, 0.29) is 5.56 Å². The molecule has 0 saturated carbocycles. The summed E-state index contributed by atoms with van der Waals surface area (Å²) in [6.45, 7) is 5.91. The SMILES string of the molecule is CCOc1ncc(C)c2c1[C@H](c1ccc(C(=O)O)cc1OC)C(C(N)=O)=C(C)N2. The molecule has 1 aliphatic rings. The summed E-state index contributed by atoms with van der Waals surface area (Å²) in [5.41, 5.74) is 9.68. The number of pyridine rings is 1. The van der Waals surface area contributed by atoms with Crippen LogP contribution in [0.2, 0.25) is 0 Å². The molecular formula is C21H23N3O5. The Morgan fingerprint density at radius 2 is 2.03 bits per heavy atom. The lowest BCUT2D eigenvalue weighted by molar-refractivity contribution is -0.114. The third-order valence-electron chi connectivity index (χ3n) is 4.90. The molecule has 1 aromatic carbocycles. The van der Waals surface area contributed by atoms with Gasteiger partial charge in [-0.15, -0.1) is 0 Å². The highest BCUT2D eigenvalue weighted by Gasteiger charge is 2.37. The van der Waals surface area contributed by atoms with E-state index in [9.17, 15) is 14.7 Å². The fraction of sp³-hybridized carbons (Fsp3) is 0.286. The summed E-state index contributed by atoms with van der Waals surface area (Å²) in [5, 5.41) is 12.6. The number of ether oxygens (including phenoxy) is 2. The van der Waals surface area contributed by atoms with Gasteiger partial charge in [0.1, 0.15) is 5.75 Å². The van der Waals surface area contributed by atoms with Crippen LogP contribution in [-0.2, 0) is 4.79 Å². The lowest BCUT2D eigenvalue weighted by atomic mass is 9.79. The number of nitrogens with two attached hydrogens (primary N) is 1. The minimum absolute atomic E-state index is 0.0773. The second-order valence-electron chi connectivity index (χ2n) is 6.69. The first-order valence-electron chi connectivity index (χ1n) is 9.11. The van der Waals surface area contributed by atoms with Crippen molar-refractivity contribution in [3.63, 3.8) is 0 Å². The first kappa shape index (κ1) is 20.2. The van der Waals surface area contributed by atoms with Crippen LogP contribution in [0.25, 0.3) is 0 Å². The van der Waals surface area contributed by atoms with Crippen LogP contribution < -0.4 is 20.5 Å². The van der Waals surface area contributed by atoms with Gasteiger partial charge in [0.15, 0.2) is 0 Å². The van der Waals surface area contributed by atoms with E-state index in [0.29, 0.717) is 40.6 Å². The first-order chi connectivity index (χ1) is 13.8. The molecule has 3 rings (SSSR count). The van der Waals surface area contributed by atoms with Crippen LogP contribution in [0.4, 0.5) is 5.69 Å². The summed E-state index contributed by atoms with van der Waals surface area (Å²) in [6, 6.07) is 4.53. The summed E-state index contributed by atoms with van der Waals surface area (Å²) in [6.07, 6.45) is 1.70. The van der Waals surface area contributed by atoms with E-state index in [1.165, 1.54) is 19.2 Å². The number of allylic oxidation sites excluding steroid dienone is 1. The molecular weight excluding hydrogens is 374 g/mol. The van der Waals surface area contributed by atoms with Crippen LogP contribution in [0.15, 0.2) is 35.7 Å². The maximum atomic E-state index is 12.4. The number of nitrogens with zero attached hydrogens (tertiary/aromatic N) is 1. The van der Waals surface area contributed by atoms with Crippen LogP contribution in [0.5, 0.6) is 11.6 Å². The zero-order valence-corrected chi connectivity index (χ0v) is 16.7.